The molecular formula is C71H138O17P2. The molecule has 0 rings (SSSR count). The van der Waals surface area contributed by atoms with Gasteiger partial charge in [0.2, 0.25) is 0 Å². The third kappa shape index (κ3) is 64.8. The fraction of sp³-hybridized carbons (Fsp3) is 0.944. The van der Waals surface area contributed by atoms with Crippen LogP contribution in [0.15, 0.2) is 0 Å². The van der Waals surface area contributed by atoms with E-state index >= 15 is 0 Å². The van der Waals surface area contributed by atoms with Crippen LogP contribution in [0.3, 0.4) is 0 Å². The van der Waals surface area contributed by atoms with Crippen molar-refractivity contribution >= 4 is 39.5 Å². The van der Waals surface area contributed by atoms with Crippen molar-refractivity contribution in [3.63, 3.8) is 0 Å². The van der Waals surface area contributed by atoms with Gasteiger partial charge in [0.25, 0.3) is 0 Å². The van der Waals surface area contributed by atoms with E-state index < -0.39 is 97.5 Å². The highest BCUT2D eigenvalue weighted by Gasteiger charge is 2.30. The number of ether oxygens (including phenoxy) is 4. The van der Waals surface area contributed by atoms with Crippen molar-refractivity contribution < 1.29 is 80.2 Å². The largest absolute Gasteiger partial charge is 0.472 e. The van der Waals surface area contributed by atoms with Gasteiger partial charge in [0.05, 0.1) is 26.4 Å². The number of phosphoric ester groups is 2. The maximum atomic E-state index is 13.0. The Kier molecular flexibility index (Phi) is 61.8. The van der Waals surface area contributed by atoms with Crippen LogP contribution in [0, 0.1) is 11.8 Å². The lowest BCUT2D eigenvalue weighted by Gasteiger charge is -2.21. The molecule has 0 aromatic rings. The van der Waals surface area contributed by atoms with Gasteiger partial charge in [-0.05, 0) is 37.5 Å². The van der Waals surface area contributed by atoms with Crippen LogP contribution in [0.1, 0.15) is 363 Å². The smallest absolute Gasteiger partial charge is 0.462 e. The Morgan fingerprint density at radius 2 is 0.511 bits per heavy atom. The minimum Gasteiger partial charge on any atom is -0.462 e. The summed E-state index contributed by atoms with van der Waals surface area (Å²) in [5, 5.41) is 10.6. The van der Waals surface area contributed by atoms with Crippen molar-refractivity contribution in [2.75, 3.05) is 39.6 Å². The molecule has 0 aliphatic carbocycles. The molecule has 0 saturated carbocycles. The summed E-state index contributed by atoms with van der Waals surface area (Å²) >= 11 is 0. The van der Waals surface area contributed by atoms with Crippen LogP contribution in [-0.4, -0.2) is 96.7 Å². The van der Waals surface area contributed by atoms with Gasteiger partial charge in [-0.15, -0.1) is 0 Å². The van der Waals surface area contributed by atoms with E-state index in [-0.39, 0.29) is 25.7 Å². The van der Waals surface area contributed by atoms with Crippen molar-refractivity contribution in [1.82, 2.24) is 0 Å². The summed E-state index contributed by atoms with van der Waals surface area (Å²) in [4.78, 5) is 72.3. The van der Waals surface area contributed by atoms with Gasteiger partial charge in [-0.2, -0.15) is 0 Å². The third-order valence-corrected chi connectivity index (χ3v) is 18.4. The average molecular weight is 1330 g/mol. The molecule has 0 heterocycles. The molecule has 17 nitrogen and oxygen atoms in total. The van der Waals surface area contributed by atoms with E-state index in [0.29, 0.717) is 25.7 Å². The number of aliphatic hydroxyl groups excluding tert-OH is 1. The third-order valence-electron chi connectivity index (χ3n) is 16.5. The lowest BCUT2D eigenvalue weighted by Crippen LogP contribution is -2.30. The van der Waals surface area contributed by atoms with Gasteiger partial charge in [-0.1, -0.05) is 311 Å². The van der Waals surface area contributed by atoms with Crippen LogP contribution < -0.4 is 0 Å². The molecule has 0 aromatic carbocycles. The van der Waals surface area contributed by atoms with Crippen LogP contribution in [-0.2, 0) is 65.4 Å². The fourth-order valence-corrected chi connectivity index (χ4v) is 12.3. The Morgan fingerprint density at radius 3 is 0.756 bits per heavy atom. The molecule has 0 saturated heterocycles. The average Bonchev–Trinajstić information content (AvgIpc) is 3.63. The predicted molar refractivity (Wildman–Crippen MR) is 363 cm³/mol. The van der Waals surface area contributed by atoms with Crippen LogP contribution in [0.4, 0.5) is 0 Å². The first-order valence-electron chi connectivity index (χ1n) is 37.0. The normalized spacial score (nSPS) is 14.1. The lowest BCUT2D eigenvalue weighted by molar-refractivity contribution is -0.161. The molecule has 5 atom stereocenters. The summed E-state index contributed by atoms with van der Waals surface area (Å²) in [6, 6.07) is 0. The van der Waals surface area contributed by atoms with Gasteiger partial charge in [-0.25, -0.2) is 9.13 Å². The van der Waals surface area contributed by atoms with Crippen molar-refractivity contribution in [2.24, 2.45) is 11.8 Å². The van der Waals surface area contributed by atoms with Crippen LogP contribution in [0.2, 0.25) is 0 Å². The molecule has 0 aromatic heterocycles. The van der Waals surface area contributed by atoms with E-state index in [0.717, 1.165) is 108 Å². The number of carbonyl (C=O) groups is 4. The lowest BCUT2D eigenvalue weighted by atomic mass is 10.0. The van der Waals surface area contributed by atoms with Crippen LogP contribution in [0.5, 0.6) is 0 Å². The second kappa shape index (κ2) is 63.1. The summed E-state index contributed by atoms with van der Waals surface area (Å²) in [5.74, 6) is -0.596. The Hall–Kier alpha value is -1.94. The quantitative estimate of drug-likeness (QED) is 0.0222. The molecule has 0 radical (unpaired) electrons. The Bertz CT molecular complexity index is 1750. The number of hydrogen-bond acceptors (Lipinski definition) is 15. The summed E-state index contributed by atoms with van der Waals surface area (Å²) < 4.78 is 68.1. The van der Waals surface area contributed by atoms with E-state index in [2.05, 4.69) is 41.5 Å². The number of hydrogen-bond donors (Lipinski definition) is 3. The highest BCUT2D eigenvalue weighted by molar-refractivity contribution is 7.47. The van der Waals surface area contributed by atoms with Gasteiger partial charge in [0.1, 0.15) is 19.3 Å². The Balaban J connectivity index is 5.16. The van der Waals surface area contributed by atoms with Crippen LogP contribution >= 0.6 is 15.6 Å². The zero-order valence-corrected chi connectivity index (χ0v) is 60.2. The zero-order valence-electron chi connectivity index (χ0n) is 58.4. The van der Waals surface area contributed by atoms with Crippen molar-refractivity contribution in [3.8, 4) is 0 Å². The van der Waals surface area contributed by atoms with Gasteiger partial charge >= 0.3 is 39.5 Å². The molecule has 90 heavy (non-hydrogen) atoms. The highest BCUT2D eigenvalue weighted by atomic mass is 31.2. The number of esters is 4. The Labute approximate surface area is 549 Å². The number of carbonyl (C=O) groups excluding carboxylic acids is 4. The molecule has 0 spiro atoms. The zero-order chi connectivity index (χ0) is 66.5. The molecule has 0 aliphatic rings. The van der Waals surface area contributed by atoms with Crippen molar-refractivity contribution in [1.29, 1.82) is 0 Å². The molecule has 534 valence electrons. The summed E-state index contributed by atoms with van der Waals surface area (Å²) in [6.45, 7) is 9.48. The van der Waals surface area contributed by atoms with Crippen molar-refractivity contribution in [3.05, 3.63) is 0 Å². The molecule has 0 aliphatic heterocycles. The number of rotatable bonds is 70. The number of aliphatic hydroxyl groups is 1. The predicted octanol–water partition coefficient (Wildman–Crippen LogP) is 20.4. The topological polar surface area (TPSA) is 237 Å². The fourth-order valence-electron chi connectivity index (χ4n) is 10.8. The Morgan fingerprint density at radius 1 is 0.300 bits per heavy atom. The molecular weight excluding hydrogens is 1190 g/mol. The molecule has 0 fully saturated rings. The van der Waals surface area contributed by atoms with E-state index in [4.69, 9.17) is 37.0 Å². The summed E-state index contributed by atoms with van der Waals surface area (Å²) in [5.41, 5.74) is 0. The first kappa shape index (κ1) is 88.1. The minimum absolute atomic E-state index is 0.105. The number of phosphoric acid groups is 2. The van der Waals surface area contributed by atoms with E-state index in [9.17, 15) is 43.2 Å². The van der Waals surface area contributed by atoms with Crippen molar-refractivity contribution in [2.45, 2.75) is 381 Å². The van der Waals surface area contributed by atoms with Gasteiger partial charge in [0.15, 0.2) is 12.2 Å². The van der Waals surface area contributed by atoms with Gasteiger partial charge in [0, 0.05) is 25.7 Å². The molecule has 3 N–H and O–H groups in total. The van der Waals surface area contributed by atoms with Gasteiger partial charge in [-0.3, -0.25) is 37.3 Å². The van der Waals surface area contributed by atoms with E-state index in [1.807, 2.05) is 0 Å². The highest BCUT2D eigenvalue weighted by Crippen LogP contribution is 2.45. The molecule has 2 unspecified atom stereocenters. The molecule has 0 amide bonds. The van der Waals surface area contributed by atoms with Gasteiger partial charge < -0.3 is 33.8 Å². The second-order valence-corrected chi connectivity index (χ2v) is 29.5. The SMILES string of the molecule is CCCCCCCCCCCCCCCCCCCC(=O)O[C@H](COC(=O)CCCCCCCCCCCCCC(C)C)COP(=O)(O)OC[C@@H](O)COP(=O)(O)OC[C@@H](COC(=O)CCCCCCC)OC(=O)CCCCCCCCCCCCCC(C)C. The first-order valence-corrected chi connectivity index (χ1v) is 40.0. The molecule has 0 bridgehead atoms. The van der Waals surface area contributed by atoms with E-state index in [1.165, 1.54) is 173 Å². The monoisotopic (exact) mass is 1320 g/mol. The summed E-state index contributed by atoms with van der Waals surface area (Å²) in [7, 11) is -9.89. The first-order chi connectivity index (χ1) is 43.4. The standard InChI is InChI=1S/C71H138O17P2/c1-7-9-11-13-14-15-16-17-18-19-20-21-26-32-37-43-49-55-71(76)88-67(60-82-69(74)54-48-42-36-31-27-22-24-29-34-40-45-51-63(3)4)62-86-90(79,80)84-58-65(72)57-83-89(77,78)85-61-66(59-81-68(73)53-47-39-12-10-8-2)87-70(75)56-50-44-38-33-28-23-25-30-35-41-46-52-64(5)6/h63-67,72H,7-62H2,1-6H3,(H,77,78)(H,79,80)/t65-,66+,67+/m0/s1. The van der Waals surface area contributed by atoms with E-state index in [1.54, 1.807) is 0 Å². The minimum atomic E-state index is -4.95. The van der Waals surface area contributed by atoms with Crippen LogP contribution in [0.25, 0.3) is 0 Å². The maximum Gasteiger partial charge on any atom is 0.472 e. The maximum absolute atomic E-state index is 13.0. The second-order valence-electron chi connectivity index (χ2n) is 26.6. The number of unbranched alkanes of at least 4 members (excludes halogenated alkanes) is 40. The summed E-state index contributed by atoms with van der Waals surface area (Å²) in [6.07, 6.45) is 48.9. The molecule has 19 heteroatoms.